The number of pyridine rings is 1. The average molecular weight is 327 g/mol. The van der Waals surface area contributed by atoms with Gasteiger partial charge in [-0.25, -0.2) is 4.98 Å². The molecule has 23 heavy (non-hydrogen) atoms. The third kappa shape index (κ3) is 3.90. The molecule has 0 atom stereocenters. The van der Waals surface area contributed by atoms with E-state index in [2.05, 4.69) is 10.3 Å². The van der Waals surface area contributed by atoms with Crippen molar-refractivity contribution in [1.82, 2.24) is 4.98 Å². The van der Waals surface area contributed by atoms with Gasteiger partial charge in [0.25, 0.3) is 0 Å². The van der Waals surface area contributed by atoms with Gasteiger partial charge < -0.3 is 10.2 Å². The Labute approximate surface area is 139 Å². The van der Waals surface area contributed by atoms with Gasteiger partial charge in [-0.1, -0.05) is 30.0 Å². The van der Waals surface area contributed by atoms with Crippen LogP contribution in [-0.2, 0) is 9.59 Å². The molecule has 0 unspecified atom stereocenters. The lowest BCUT2D eigenvalue weighted by atomic mass is 10.2. The number of amides is 2. The number of carbonyl (C=O) groups excluding carboxylic acids is 2. The van der Waals surface area contributed by atoms with Gasteiger partial charge in [-0.2, -0.15) is 0 Å². The van der Waals surface area contributed by atoms with E-state index in [0.29, 0.717) is 18.7 Å². The minimum absolute atomic E-state index is 0.106. The molecule has 0 radical (unpaired) electrons. The number of hydrogen-bond donors (Lipinski definition) is 1. The van der Waals surface area contributed by atoms with Crippen molar-refractivity contribution in [2.24, 2.45) is 0 Å². The smallest absolute Gasteiger partial charge is 0.234 e. The molecule has 0 aliphatic carbocycles. The Balaban J connectivity index is 1.65. The van der Waals surface area contributed by atoms with Gasteiger partial charge in [0.05, 0.1) is 22.2 Å². The highest BCUT2D eigenvalue weighted by molar-refractivity contribution is 7.99. The maximum absolute atomic E-state index is 12.2. The number of nitrogens with zero attached hydrogens (tertiary/aromatic N) is 2. The molecule has 0 spiro atoms. The van der Waals surface area contributed by atoms with Crippen LogP contribution < -0.4 is 10.2 Å². The first-order chi connectivity index (χ1) is 11.2. The van der Waals surface area contributed by atoms with Crippen LogP contribution in [0.4, 0.5) is 11.4 Å². The summed E-state index contributed by atoms with van der Waals surface area (Å²) in [4.78, 5) is 30.0. The second-order valence-electron chi connectivity index (χ2n) is 5.17. The Morgan fingerprint density at radius 3 is 2.78 bits per heavy atom. The minimum Gasteiger partial charge on any atom is -0.324 e. The zero-order chi connectivity index (χ0) is 16.1. The topological polar surface area (TPSA) is 62.3 Å². The van der Waals surface area contributed by atoms with E-state index in [-0.39, 0.29) is 17.6 Å². The van der Waals surface area contributed by atoms with E-state index in [4.69, 9.17) is 0 Å². The summed E-state index contributed by atoms with van der Waals surface area (Å²) >= 11 is 1.38. The van der Waals surface area contributed by atoms with Gasteiger partial charge in [-0.05, 0) is 30.7 Å². The molecular formula is C17H17N3O2S. The van der Waals surface area contributed by atoms with Gasteiger partial charge in [0.2, 0.25) is 11.8 Å². The molecule has 0 saturated carbocycles. The fourth-order valence-electron chi connectivity index (χ4n) is 2.48. The lowest BCUT2D eigenvalue weighted by Crippen LogP contribution is -2.25. The van der Waals surface area contributed by atoms with Crippen LogP contribution in [0.3, 0.4) is 0 Å². The molecule has 1 aliphatic rings. The zero-order valence-electron chi connectivity index (χ0n) is 12.6. The molecule has 2 aromatic rings. The van der Waals surface area contributed by atoms with Crippen molar-refractivity contribution in [3.8, 4) is 0 Å². The lowest BCUT2D eigenvalue weighted by molar-refractivity contribution is -0.117. The van der Waals surface area contributed by atoms with Crippen LogP contribution in [0.25, 0.3) is 0 Å². The molecule has 5 nitrogen and oxygen atoms in total. The van der Waals surface area contributed by atoms with E-state index < -0.39 is 0 Å². The standard InChI is InChI=1S/C17H17N3O2S/c21-15(12-23-16-8-3-4-10-18-16)19-13-6-1-2-7-14(13)20-11-5-9-17(20)22/h1-4,6-8,10H,5,9,11-12H2,(H,19,21). The molecule has 2 amide bonds. The second kappa shape index (κ2) is 7.28. The van der Waals surface area contributed by atoms with Gasteiger partial charge in [0.1, 0.15) is 0 Å². The van der Waals surface area contributed by atoms with Crippen LogP contribution in [0, 0.1) is 0 Å². The Hall–Kier alpha value is -2.34. The zero-order valence-corrected chi connectivity index (χ0v) is 13.4. The summed E-state index contributed by atoms with van der Waals surface area (Å²) in [5, 5.41) is 3.71. The number of rotatable bonds is 5. The van der Waals surface area contributed by atoms with Crippen LogP contribution in [0.2, 0.25) is 0 Å². The summed E-state index contributed by atoms with van der Waals surface area (Å²) in [6.45, 7) is 0.703. The summed E-state index contributed by atoms with van der Waals surface area (Å²) in [5.41, 5.74) is 1.44. The van der Waals surface area contributed by atoms with Gasteiger partial charge >= 0.3 is 0 Å². The Morgan fingerprint density at radius 2 is 2.04 bits per heavy atom. The number of anilines is 2. The minimum atomic E-state index is -0.111. The number of benzene rings is 1. The number of aromatic nitrogens is 1. The molecule has 1 aromatic carbocycles. The van der Waals surface area contributed by atoms with Crippen molar-refractivity contribution in [2.45, 2.75) is 17.9 Å². The Bertz CT molecular complexity index is 706. The third-order valence-electron chi connectivity index (χ3n) is 3.53. The summed E-state index contributed by atoms with van der Waals surface area (Å²) in [5.74, 6) is 0.272. The number of nitrogens with one attached hydrogen (secondary N) is 1. The quantitative estimate of drug-likeness (QED) is 0.858. The molecule has 118 valence electrons. The van der Waals surface area contributed by atoms with Crippen molar-refractivity contribution in [1.29, 1.82) is 0 Å². The largest absolute Gasteiger partial charge is 0.324 e. The molecule has 1 N–H and O–H groups in total. The van der Waals surface area contributed by atoms with Crippen molar-refractivity contribution < 1.29 is 9.59 Å². The highest BCUT2D eigenvalue weighted by atomic mass is 32.2. The first-order valence-corrected chi connectivity index (χ1v) is 8.46. The summed E-state index contributed by atoms with van der Waals surface area (Å²) in [7, 11) is 0. The molecule has 1 aliphatic heterocycles. The van der Waals surface area contributed by atoms with Crippen LogP contribution in [0.15, 0.2) is 53.7 Å². The molecule has 6 heteroatoms. The number of para-hydroxylation sites is 2. The fraction of sp³-hybridized carbons (Fsp3) is 0.235. The molecule has 1 aromatic heterocycles. The van der Waals surface area contributed by atoms with E-state index in [1.807, 2.05) is 42.5 Å². The van der Waals surface area contributed by atoms with Gasteiger partial charge in [0.15, 0.2) is 0 Å². The molecule has 2 heterocycles. The third-order valence-corrected chi connectivity index (χ3v) is 4.48. The van der Waals surface area contributed by atoms with E-state index >= 15 is 0 Å². The average Bonchev–Trinajstić information content (AvgIpc) is 3.00. The number of carbonyl (C=O) groups is 2. The van der Waals surface area contributed by atoms with Crippen LogP contribution in [-0.4, -0.2) is 29.1 Å². The normalized spacial score (nSPS) is 14.1. The highest BCUT2D eigenvalue weighted by Crippen LogP contribution is 2.29. The van der Waals surface area contributed by atoms with Crippen LogP contribution in [0.1, 0.15) is 12.8 Å². The van der Waals surface area contributed by atoms with Gasteiger partial charge in [0, 0.05) is 19.2 Å². The summed E-state index contributed by atoms with van der Waals surface area (Å²) < 4.78 is 0. The molecule has 0 bridgehead atoms. The Kier molecular flexibility index (Phi) is 4.92. The molecule has 1 saturated heterocycles. The lowest BCUT2D eigenvalue weighted by Gasteiger charge is -2.19. The molecule has 3 rings (SSSR count). The van der Waals surface area contributed by atoms with Crippen molar-refractivity contribution >= 4 is 35.0 Å². The predicted octanol–water partition coefficient (Wildman–Crippen LogP) is 2.94. The number of thioether (sulfide) groups is 1. The fourth-order valence-corrected chi connectivity index (χ4v) is 3.14. The SMILES string of the molecule is O=C(CSc1ccccn1)Nc1ccccc1N1CCCC1=O. The predicted molar refractivity (Wildman–Crippen MR) is 91.6 cm³/mol. The first kappa shape index (κ1) is 15.6. The maximum Gasteiger partial charge on any atom is 0.234 e. The van der Waals surface area contributed by atoms with Crippen LogP contribution >= 0.6 is 11.8 Å². The second-order valence-corrected chi connectivity index (χ2v) is 6.17. The summed E-state index contributed by atoms with van der Waals surface area (Å²) in [6, 6.07) is 13.0. The van der Waals surface area contributed by atoms with Gasteiger partial charge in [-0.15, -0.1) is 0 Å². The van der Waals surface area contributed by atoms with E-state index in [1.165, 1.54) is 11.8 Å². The molecule has 1 fully saturated rings. The molecular weight excluding hydrogens is 310 g/mol. The highest BCUT2D eigenvalue weighted by Gasteiger charge is 2.24. The van der Waals surface area contributed by atoms with Crippen LogP contribution in [0.5, 0.6) is 0 Å². The monoisotopic (exact) mass is 327 g/mol. The van der Waals surface area contributed by atoms with E-state index in [9.17, 15) is 9.59 Å². The van der Waals surface area contributed by atoms with E-state index in [0.717, 1.165) is 17.1 Å². The Morgan fingerprint density at radius 1 is 1.22 bits per heavy atom. The van der Waals surface area contributed by atoms with Crippen molar-refractivity contribution in [3.63, 3.8) is 0 Å². The van der Waals surface area contributed by atoms with E-state index in [1.54, 1.807) is 11.1 Å². The van der Waals surface area contributed by atoms with Gasteiger partial charge in [-0.3, -0.25) is 9.59 Å². The first-order valence-electron chi connectivity index (χ1n) is 7.47. The number of hydrogen-bond acceptors (Lipinski definition) is 4. The maximum atomic E-state index is 12.2. The summed E-state index contributed by atoms with van der Waals surface area (Å²) in [6.07, 6.45) is 3.13. The van der Waals surface area contributed by atoms with Crippen molar-refractivity contribution in [2.75, 3.05) is 22.5 Å². The van der Waals surface area contributed by atoms with Crippen molar-refractivity contribution in [3.05, 3.63) is 48.7 Å².